The van der Waals surface area contributed by atoms with Gasteiger partial charge in [0.25, 0.3) is 5.91 Å². The van der Waals surface area contributed by atoms with Gasteiger partial charge in [-0.05, 0) is 36.5 Å². The van der Waals surface area contributed by atoms with Crippen molar-refractivity contribution < 1.29 is 9.21 Å². The lowest BCUT2D eigenvalue weighted by molar-refractivity contribution is 0.0661. The molecule has 0 atom stereocenters. The maximum Gasteiger partial charge on any atom is 0.289 e. The van der Waals surface area contributed by atoms with Crippen LogP contribution in [0.3, 0.4) is 0 Å². The lowest BCUT2D eigenvalue weighted by Crippen LogP contribution is -2.51. The summed E-state index contributed by atoms with van der Waals surface area (Å²) < 4.78 is 5.16. The van der Waals surface area contributed by atoms with Crippen LogP contribution in [-0.4, -0.2) is 47.0 Å². The van der Waals surface area contributed by atoms with Crippen LogP contribution in [0.25, 0.3) is 0 Å². The first kappa shape index (κ1) is 17.1. The highest BCUT2D eigenvalue weighted by atomic mass is 35.5. The summed E-state index contributed by atoms with van der Waals surface area (Å²) in [5, 5.41) is 4.58. The van der Waals surface area contributed by atoms with Crippen LogP contribution in [0.2, 0.25) is 10.0 Å². The molecule has 0 radical (unpaired) electrons. The molecule has 126 valence electrons. The number of rotatable bonds is 2. The van der Waals surface area contributed by atoms with E-state index in [1.165, 1.54) is 6.26 Å². The van der Waals surface area contributed by atoms with E-state index in [0.29, 0.717) is 52.8 Å². The summed E-state index contributed by atoms with van der Waals surface area (Å²) in [4.78, 5) is 16.0. The Balaban J connectivity index is 1.57. The first-order chi connectivity index (χ1) is 11.6. The normalized spacial score (nSPS) is 14.6. The Morgan fingerprint density at radius 3 is 2.46 bits per heavy atom. The van der Waals surface area contributed by atoms with Crippen LogP contribution < -0.4 is 5.32 Å². The number of piperazine rings is 1. The van der Waals surface area contributed by atoms with Crippen LogP contribution in [0.5, 0.6) is 0 Å². The molecule has 1 fully saturated rings. The fraction of sp³-hybridized carbons (Fsp3) is 0.250. The highest BCUT2D eigenvalue weighted by Gasteiger charge is 2.25. The fourth-order valence-electron chi connectivity index (χ4n) is 2.46. The Morgan fingerprint density at radius 1 is 1.08 bits per heavy atom. The number of furan rings is 1. The van der Waals surface area contributed by atoms with Crippen LogP contribution in [0, 0.1) is 0 Å². The number of carbonyl (C=O) groups is 1. The zero-order chi connectivity index (χ0) is 17.1. The van der Waals surface area contributed by atoms with Crippen LogP contribution >= 0.6 is 35.4 Å². The van der Waals surface area contributed by atoms with Crippen molar-refractivity contribution in [1.82, 2.24) is 9.80 Å². The van der Waals surface area contributed by atoms with Gasteiger partial charge in [-0.1, -0.05) is 29.3 Å². The molecule has 1 saturated heterocycles. The Kier molecular flexibility index (Phi) is 5.28. The lowest BCUT2D eigenvalue weighted by atomic mass is 10.3. The smallest absolute Gasteiger partial charge is 0.289 e. The zero-order valence-electron chi connectivity index (χ0n) is 12.7. The van der Waals surface area contributed by atoms with Gasteiger partial charge in [0.1, 0.15) is 0 Å². The third-order valence-corrected chi connectivity index (χ3v) is 4.96. The van der Waals surface area contributed by atoms with E-state index >= 15 is 0 Å². The number of benzene rings is 1. The highest BCUT2D eigenvalue weighted by Crippen LogP contribution is 2.29. The summed E-state index contributed by atoms with van der Waals surface area (Å²) in [5.41, 5.74) is 0.670. The zero-order valence-corrected chi connectivity index (χ0v) is 15.0. The van der Waals surface area contributed by atoms with Crippen molar-refractivity contribution in [2.24, 2.45) is 0 Å². The molecule has 1 aliphatic rings. The Hall–Kier alpha value is -1.76. The second kappa shape index (κ2) is 7.42. The van der Waals surface area contributed by atoms with E-state index in [0.717, 1.165) is 0 Å². The number of thiocarbonyl (C=S) groups is 1. The average Bonchev–Trinajstić information content (AvgIpc) is 3.13. The number of hydrogen-bond donors (Lipinski definition) is 1. The van der Waals surface area contributed by atoms with Crippen molar-refractivity contribution in [3.05, 3.63) is 52.4 Å². The van der Waals surface area contributed by atoms with Gasteiger partial charge in [-0.3, -0.25) is 4.79 Å². The van der Waals surface area contributed by atoms with Crippen molar-refractivity contribution in [3.63, 3.8) is 0 Å². The minimum Gasteiger partial charge on any atom is -0.459 e. The SMILES string of the molecule is O=C(c1ccco1)N1CCN(C(=S)Nc2cccc(Cl)c2Cl)CC1. The van der Waals surface area contributed by atoms with Gasteiger partial charge >= 0.3 is 0 Å². The number of hydrogen-bond acceptors (Lipinski definition) is 3. The molecule has 1 aliphatic heterocycles. The van der Waals surface area contributed by atoms with E-state index in [1.807, 2.05) is 11.0 Å². The third-order valence-electron chi connectivity index (χ3n) is 3.78. The van der Waals surface area contributed by atoms with E-state index < -0.39 is 0 Å². The molecule has 24 heavy (non-hydrogen) atoms. The standard InChI is InChI=1S/C16H15Cl2N3O2S/c17-11-3-1-4-12(14(11)18)19-16(24)21-8-6-20(7-9-21)15(22)13-5-2-10-23-13/h1-5,10H,6-9H2,(H,19,24). The number of amides is 1. The van der Waals surface area contributed by atoms with Gasteiger partial charge in [0, 0.05) is 26.2 Å². The van der Waals surface area contributed by atoms with Crippen molar-refractivity contribution in [2.75, 3.05) is 31.5 Å². The summed E-state index contributed by atoms with van der Waals surface area (Å²) in [7, 11) is 0. The highest BCUT2D eigenvalue weighted by molar-refractivity contribution is 7.80. The Bertz CT molecular complexity index is 744. The first-order valence-corrected chi connectivity index (χ1v) is 8.55. The number of anilines is 1. The Morgan fingerprint density at radius 2 is 1.79 bits per heavy atom. The van der Waals surface area contributed by atoms with E-state index in [1.54, 1.807) is 29.2 Å². The molecule has 3 rings (SSSR count). The van der Waals surface area contributed by atoms with Crippen LogP contribution in [0.15, 0.2) is 41.0 Å². The second-order valence-corrected chi connectivity index (χ2v) is 6.46. The Labute approximate surface area is 155 Å². The molecular weight excluding hydrogens is 369 g/mol. The van der Waals surface area contributed by atoms with Crippen molar-refractivity contribution >= 4 is 52.1 Å². The predicted octanol–water partition coefficient (Wildman–Crippen LogP) is 3.74. The number of carbonyl (C=O) groups excluding carboxylic acids is 1. The van der Waals surface area contributed by atoms with Crippen molar-refractivity contribution in [2.45, 2.75) is 0 Å². The van der Waals surface area contributed by atoms with Gasteiger partial charge in [-0.25, -0.2) is 0 Å². The van der Waals surface area contributed by atoms with Gasteiger partial charge in [-0.15, -0.1) is 0 Å². The van der Waals surface area contributed by atoms with Crippen molar-refractivity contribution in [3.8, 4) is 0 Å². The maximum atomic E-state index is 12.2. The van der Waals surface area contributed by atoms with E-state index in [4.69, 9.17) is 39.8 Å². The monoisotopic (exact) mass is 383 g/mol. The molecule has 1 aromatic heterocycles. The molecule has 0 unspecified atom stereocenters. The maximum absolute atomic E-state index is 12.2. The van der Waals surface area contributed by atoms with Crippen LogP contribution in [0.4, 0.5) is 5.69 Å². The van der Waals surface area contributed by atoms with Crippen LogP contribution in [0.1, 0.15) is 10.6 Å². The molecule has 2 aromatic rings. The largest absolute Gasteiger partial charge is 0.459 e. The second-order valence-electron chi connectivity index (χ2n) is 5.29. The van der Waals surface area contributed by atoms with Crippen LogP contribution in [-0.2, 0) is 0 Å². The van der Waals surface area contributed by atoms with Gasteiger partial charge in [-0.2, -0.15) is 0 Å². The molecule has 1 N–H and O–H groups in total. The topological polar surface area (TPSA) is 48.7 Å². The minimum absolute atomic E-state index is 0.101. The molecule has 1 aromatic carbocycles. The minimum atomic E-state index is -0.101. The van der Waals surface area contributed by atoms with Crippen molar-refractivity contribution in [1.29, 1.82) is 0 Å². The van der Waals surface area contributed by atoms with Gasteiger partial charge < -0.3 is 19.5 Å². The van der Waals surface area contributed by atoms with E-state index in [-0.39, 0.29) is 5.91 Å². The number of nitrogens with zero attached hydrogens (tertiary/aromatic N) is 2. The molecule has 8 heteroatoms. The average molecular weight is 384 g/mol. The first-order valence-electron chi connectivity index (χ1n) is 7.39. The molecule has 5 nitrogen and oxygen atoms in total. The van der Waals surface area contributed by atoms with Gasteiger partial charge in [0.2, 0.25) is 0 Å². The molecule has 0 spiro atoms. The summed E-state index contributed by atoms with van der Waals surface area (Å²) >= 11 is 17.6. The summed E-state index contributed by atoms with van der Waals surface area (Å²) in [6.45, 7) is 2.42. The van der Waals surface area contributed by atoms with Gasteiger partial charge in [0.05, 0.1) is 22.0 Å². The predicted molar refractivity (Wildman–Crippen MR) is 98.9 cm³/mol. The molecule has 0 saturated carbocycles. The van der Waals surface area contributed by atoms with E-state index in [9.17, 15) is 4.79 Å². The molecule has 0 aliphatic carbocycles. The molecular formula is C16H15Cl2N3O2S. The summed E-state index contributed by atoms with van der Waals surface area (Å²) in [5.74, 6) is 0.256. The van der Waals surface area contributed by atoms with Gasteiger partial charge in [0.15, 0.2) is 10.9 Å². The quantitative estimate of drug-likeness (QED) is 0.800. The molecule has 1 amide bonds. The number of halogens is 2. The third kappa shape index (κ3) is 3.66. The summed E-state index contributed by atoms with van der Waals surface area (Å²) in [6, 6.07) is 8.72. The number of nitrogens with one attached hydrogen (secondary N) is 1. The molecule has 0 bridgehead atoms. The molecule has 2 heterocycles. The van der Waals surface area contributed by atoms with E-state index in [2.05, 4.69) is 5.32 Å². The fourth-order valence-corrected chi connectivity index (χ4v) is 3.10. The lowest BCUT2D eigenvalue weighted by Gasteiger charge is -2.35. The summed E-state index contributed by atoms with van der Waals surface area (Å²) in [6.07, 6.45) is 1.50.